The van der Waals surface area contributed by atoms with Crippen LogP contribution in [0.4, 0.5) is 10.6 Å². The summed E-state index contributed by atoms with van der Waals surface area (Å²) in [5.41, 5.74) is 2.87. The Bertz CT molecular complexity index is 1210. The van der Waals surface area contributed by atoms with Crippen LogP contribution in [0.1, 0.15) is 16.8 Å². The molecule has 0 atom stereocenters. The number of nitrogens with one attached hydrogen (secondary N) is 2. The number of aromatic nitrogens is 2. The number of carbonyl (C=O) groups excluding carboxylic acids is 1. The van der Waals surface area contributed by atoms with Gasteiger partial charge in [0.2, 0.25) is 0 Å². The van der Waals surface area contributed by atoms with Crippen LogP contribution < -0.4 is 15.4 Å². The Labute approximate surface area is 175 Å². The Morgan fingerprint density at radius 2 is 1.80 bits per heavy atom. The van der Waals surface area contributed by atoms with E-state index < -0.39 is 0 Å². The van der Waals surface area contributed by atoms with Gasteiger partial charge in [0.25, 0.3) is 0 Å². The monoisotopic (exact) mass is 398 g/mol. The number of aryl methyl sites for hydroxylation is 2. The topological polar surface area (TPSA) is 76.1 Å². The van der Waals surface area contributed by atoms with E-state index in [0.717, 1.165) is 39.1 Å². The first kappa shape index (κ1) is 19.4. The largest absolute Gasteiger partial charge is 0.457 e. The summed E-state index contributed by atoms with van der Waals surface area (Å²) in [6, 6.07) is 19.0. The van der Waals surface area contributed by atoms with Gasteiger partial charge < -0.3 is 10.1 Å². The lowest BCUT2D eigenvalue weighted by atomic mass is 10.1. The van der Waals surface area contributed by atoms with Gasteiger partial charge in [-0.25, -0.2) is 9.78 Å². The standard InChI is InChI=1S/C24H22N4O2/c1-16-11-18(7-8-22(16)30-21-9-10-25-17(2)12-21)14-27-24(29)28-23-13-19-5-3-4-6-20(19)15-26-23/h3-13,15H,14H2,1-2H3,(H2,26,27,28,29). The third-order valence-corrected chi connectivity index (χ3v) is 4.66. The molecule has 2 aromatic carbocycles. The summed E-state index contributed by atoms with van der Waals surface area (Å²) in [4.78, 5) is 20.7. The fourth-order valence-electron chi connectivity index (χ4n) is 3.14. The third-order valence-electron chi connectivity index (χ3n) is 4.66. The van der Waals surface area contributed by atoms with Crippen molar-refractivity contribution in [1.82, 2.24) is 15.3 Å². The third kappa shape index (κ3) is 4.72. The van der Waals surface area contributed by atoms with Crippen LogP contribution in [0.25, 0.3) is 10.8 Å². The SMILES string of the molecule is Cc1cc(Oc2ccc(CNC(=O)Nc3cc4ccccc4cn3)cc2C)ccn1. The first-order chi connectivity index (χ1) is 14.6. The number of anilines is 1. The number of rotatable bonds is 5. The Morgan fingerprint density at radius 3 is 2.60 bits per heavy atom. The number of pyridine rings is 2. The summed E-state index contributed by atoms with van der Waals surface area (Å²) in [5.74, 6) is 2.03. The van der Waals surface area contributed by atoms with Gasteiger partial charge in [-0.05, 0) is 48.6 Å². The zero-order valence-electron chi connectivity index (χ0n) is 16.8. The Hall–Kier alpha value is -3.93. The number of fused-ring (bicyclic) bond motifs is 1. The van der Waals surface area contributed by atoms with Gasteiger partial charge in [-0.15, -0.1) is 0 Å². The van der Waals surface area contributed by atoms with Gasteiger partial charge in [0, 0.05) is 36.1 Å². The number of urea groups is 1. The number of hydrogen-bond donors (Lipinski definition) is 2. The van der Waals surface area contributed by atoms with Crippen LogP contribution in [0, 0.1) is 13.8 Å². The molecule has 0 fully saturated rings. The zero-order chi connectivity index (χ0) is 20.9. The minimum Gasteiger partial charge on any atom is -0.457 e. The molecule has 2 amide bonds. The van der Waals surface area contributed by atoms with Gasteiger partial charge in [0.05, 0.1) is 0 Å². The van der Waals surface area contributed by atoms with Crippen molar-refractivity contribution >= 4 is 22.6 Å². The molecule has 0 aliphatic rings. The van der Waals surface area contributed by atoms with Crippen molar-refractivity contribution in [3.05, 3.63) is 89.9 Å². The summed E-state index contributed by atoms with van der Waals surface area (Å²) in [7, 11) is 0. The molecule has 2 N–H and O–H groups in total. The quantitative estimate of drug-likeness (QED) is 0.474. The van der Waals surface area contributed by atoms with Crippen molar-refractivity contribution in [3.8, 4) is 11.5 Å². The van der Waals surface area contributed by atoms with E-state index in [1.807, 2.05) is 74.5 Å². The smallest absolute Gasteiger partial charge is 0.320 e. The molecule has 0 spiro atoms. The minimum atomic E-state index is -0.303. The second kappa shape index (κ2) is 8.61. The number of amides is 2. The van der Waals surface area contributed by atoms with E-state index in [4.69, 9.17) is 4.74 Å². The number of ether oxygens (including phenoxy) is 1. The number of nitrogens with zero attached hydrogens (tertiary/aromatic N) is 2. The molecule has 0 unspecified atom stereocenters. The molecule has 0 aliphatic heterocycles. The lowest BCUT2D eigenvalue weighted by Gasteiger charge is -2.12. The van der Waals surface area contributed by atoms with Crippen LogP contribution in [0.2, 0.25) is 0 Å². The van der Waals surface area contributed by atoms with Crippen LogP contribution in [0.5, 0.6) is 11.5 Å². The molecular formula is C24H22N4O2. The Kier molecular flexibility index (Phi) is 5.57. The number of carbonyl (C=O) groups is 1. The first-order valence-electron chi connectivity index (χ1n) is 9.66. The summed E-state index contributed by atoms with van der Waals surface area (Å²) < 4.78 is 5.94. The van der Waals surface area contributed by atoms with E-state index in [0.29, 0.717) is 12.4 Å². The van der Waals surface area contributed by atoms with Crippen molar-refractivity contribution in [3.63, 3.8) is 0 Å². The van der Waals surface area contributed by atoms with Crippen LogP contribution in [0.3, 0.4) is 0 Å². The molecule has 4 rings (SSSR count). The fourth-order valence-corrected chi connectivity index (χ4v) is 3.14. The summed E-state index contributed by atoms with van der Waals surface area (Å²) in [5, 5.41) is 7.69. The summed E-state index contributed by atoms with van der Waals surface area (Å²) in [6.45, 7) is 4.30. The summed E-state index contributed by atoms with van der Waals surface area (Å²) in [6.07, 6.45) is 3.47. The van der Waals surface area contributed by atoms with Crippen molar-refractivity contribution in [2.75, 3.05) is 5.32 Å². The van der Waals surface area contributed by atoms with Crippen molar-refractivity contribution < 1.29 is 9.53 Å². The van der Waals surface area contributed by atoms with Gasteiger partial charge >= 0.3 is 6.03 Å². The maximum absolute atomic E-state index is 12.3. The molecule has 0 saturated carbocycles. The van der Waals surface area contributed by atoms with Crippen molar-refractivity contribution in [2.45, 2.75) is 20.4 Å². The molecule has 150 valence electrons. The molecule has 2 aromatic heterocycles. The average Bonchev–Trinajstić information content (AvgIpc) is 2.74. The second-order valence-electron chi connectivity index (χ2n) is 7.06. The van der Waals surface area contributed by atoms with E-state index >= 15 is 0 Å². The maximum atomic E-state index is 12.3. The molecule has 6 heteroatoms. The van der Waals surface area contributed by atoms with Gasteiger partial charge in [0.15, 0.2) is 0 Å². The average molecular weight is 398 g/mol. The Balaban J connectivity index is 1.35. The molecule has 0 saturated heterocycles. The normalized spacial score (nSPS) is 10.6. The molecule has 0 radical (unpaired) electrons. The minimum absolute atomic E-state index is 0.303. The highest BCUT2D eigenvalue weighted by atomic mass is 16.5. The van der Waals surface area contributed by atoms with Gasteiger partial charge in [0.1, 0.15) is 17.3 Å². The number of hydrogen-bond acceptors (Lipinski definition) is 4. The van der Waals surface area contributed by atoms with E-state index in [1.165, 1.54) is 0 Å². The molecular weight excluding hydrogens is 376 g/mol. The molecule has 0 bridgehead atoms. The number of benzene rings is 2. The van der Waals surface area contributed by atoms with Crippen molar-refractivity contribution in [2.24, 2.45) is 0 Å². The molecule has 4 aromatic rings. The van der Waals surface area contributed by atoms with Gasteiger partial charge in [-0.3, -0.25) is 10.3 Å². The first-order valence-corrected chi connectivity index (χ1v) is 9.66. The van der Waals surface area contributed by atoms with E-state index in [9.17, 15) is 4.79 Å². The highest BCUT2D eigenvalue weighted by Gasteiger charge is 2.07. The predicted octanol–water partition coefficient (Wildman–Crippen LogP) is 5.36. The van der Waals surface area contributed by atoms with E-state index in [2.05, 4.69) is 20.6 Å². The maximum Gasteiger partial charge on any atom is 0.320 e. The Morgan fingerprint density at radius 1 is 0.967 bits per heavy atom. The zero-order valence-corrected chi connectivity index (χ0v) is 16.8. The fraction of sp³-hybridized carbons (Fsp3) is 0.125. The van der Waals surface area contributed by atoms with Crippen molar-refractivity contribution in [1.29, 1.82) is 0 Å². The summed E-state index contributed by atoms with van der Waals surface area (Å²) >= 11 is 0. The van der Waals surface area contributed by atoms with Crippen LogP contribution in [0.15, 0.2) is 73.1 Å². The van der Waals surface area contributed by atoms with Crippen LogP contribution >= 0.6 is 0 Å². The molecule has 2 heterocycles. The second-order valence-corrected chi connectivity index (χ2v) is 7.06. The van der Waals surface area contributed by atoms with Crippen LogP contribution in [-0.4, -0.2) is 16.0 Å². The molecule has 0 aliphatic carbocycles. The predicted molar refractivity (Wildman–Crippen MR) is 118 cm³/mol. The van der Waals surface area contributed by atoms with E-state index in [-0.39, 0.29) is 6.03 Å². The van der Waals surface area contributed by atoms with Gasteiger partial charge in [-0.2, -0.15) is 0 Å². The lowest BCUT2D eigenvalue weighted by Crippen LogP contribution is -2.28. The van der Waals surface area contributed by atoms with Gasteiger partial charge in [-0.1, -0.05) is 36.4 Å². The highest BCUT2D eigenvalue weighted by molar-refractivity contribution is 5.91. The van der Waals surface area contributed by atoms with Crippen LogP contribution in [-0.2, 0) is 6.54 Å². The lowest BCUT2D eigenvalue weighted by molar-refractivity contribution is 0.251. The molecule has 6 nitrogen and oxygen atoms in total. The highest BCUT2D eigenvalue weighted by Crippen LogP contribution is 2.26. The van der Waals surface area contributed by atoms with E-state index in [1.54, 1.807) is 12.4 Å². The molecule has 30 heavy (non-hydrogen) atoms.